The molecule has 0 bridgehead atoms. The van der Waals surface area contributed by atoms with Gasteiger partial charge in [0.1, 0.15) is 17.9 Å². The number of quaternary nitrogens is 1. The predicted molar refractivity (Wildman–Crippen MR) is 94.8 cm³/mol. The smallest absolute Gasteiger partial charge is 0.282 e. The number of hydrogen-bond donors (Lipinski definition) is 1. The molecule has 2 aromatic rings. The van der Waals surface area contributed by atoms with Crippen molar-refractivity contribution in [2.75, 3.05) is 26.2 Å². The molecule has 0 saturated carbocycles. The molecule has 1 saturated heterocycles. The van der Waals surface area contributed by atoms with E-state index in [9.17, 15) is 19.3 Å². The van der Waals surface area contributed by atoms with E-state index >= 15 is 0 Å². The van der Waals surface area contributed by atoms with Crippen molar-refractivity contribution in [2.24, 2.45) is 0 Å². The van der Waals surface area contributed by atoms with Gasteiger partial charge in [0, 0.05) is 11.6 Å². The van der Waals surface area contributed by atoms with Gasteiger partial charge in [-0.25, -0.2) is 4.39 Å². The van der Waals surface area contributed by atoms with Crippen LogP contribution < -0.4 is 4.90 Å². The number of piperazine rings is 1. The molecule has 0 aliphatic carbocycles. The Morgan fingerprint density at radius 2 is 1.92 bits per heavy atom. The zero-order valence-corrected chi connectivity index (χ0v) is 14.7. The van der Waals surface area contributed by atoms with Crippen molar-refractivity contribution < 1.29 is 19.0 Å². The lowest BCUT2D eigenvalue weighted by Crippen LogP contribution is -3.13. The number of nitrogens with one attached hydrogen (secondary N) is 1. The number of rotatable bonds is 4. The van der Waals surface area contributed by atoms with Crippen LogP contribution in [0.3, 0.4) is 0 Å². The number of hydrogen-bond acceptors (Lipinski definition) is 3. The quantitative estimate of drug-likeness (QED) is 0.653. The van der Waals surface area contributed by atoms with Gasteiger partial charge >= 0.3 is 0 Å². The Labute approximate surface area is 154 Å². The van der Waals surface area contributed by atoms with Crippen LogP contribution in [0.2, 0.25) is 5.02 Å². The first kappa shape index (κ1) is 18.3. The van der Waals surface area contributed by atoms with Gasteiger partial charge in [0.2, 0.25) is 0 Å². The molecule has 26 heavy (non-hydrogen) atoms. The molecule has 136 valence electrons. The van der Waals surface area contributed by atoms with Crippen molar-refractivity contribution in [3.63, 3.8) is 0 Å². The average Bonchev–Trinajstić information content (AvgIpc) is 2.64. The van der Waals surface area contributed by atoms with Gasteiger partial charge in [0.05, 0.1) is 36.1 Å². The molecule has 1 fully saturated rings. The summed E-state index contributed by atoms with van der Waals surface area (Å²) in [5.41, 5.74) is 0.800. The molecule has 1 N–H and O–H groups in total. The van der Waals surface area contributed by atoms with E-state index in [0.717, 1.165) is 5.56 Å². The number of nitrogens with zero attached hydrogens (tertiary/aromatic N) is 2. The lowest BCUT2D eigenvalue weighted by molar-refractivity contribution is -0.917. The second-order valence-electron chi connectivity index (χ2n) is 6.23. The van der Waals surface area contributed by atoms with Crippen LogP contribution in [0.5, 0.6) is 0 Å². The highest BCUT2D eigenvalue weighted by Crippen LogP contribution is 2.20. The van der Waals surface area contributed by atoms with Gasteiger partial charge in [-0.1, -0.05) is 23.7 Å². The number of amides is 1. The SMILES string of the molecule is O=C(c1ccccc1[N+](=O)[O-])N1CC[NH+](Cc2ccc(F)cc2Cl)CC1. The molecule has 2 aromatic carbocycles. The fourth-order valence-electron chi connectivity index (χ4n) is 3.12. The summed E-state index contributed by atoms with van der Waals surface area (Å²) in [5, 5.41) is 11.5. The monoisotopic (exact) mass is 378 g/mol. The first-order valence-corrected chi connectivity index (χ1v) is 8.63. The molecule has 1 aliphatic heterocycles. The Balaban J connectivity index is 1.63. The van der Waals surface area contributed by atoms with Crippen molar-refractivity contribution in [1.29, 1.82) is 0 Å². The van der Waals surface area contributed by atoms with E-state index in [0.29, 0.717) is 37.7 Å². The summed E-state index contributed by atoms with van der Waals surface area (Å²) in [6.07, 6.45) is 0. The molecule has 1 amide bonds. The Morgan fingerprint density at radius 1 is 1.23 bits per heavy atom. The van der Waals surface area contributed by atoms with Crippen LogP contribution in [-0.2, 0) is 6.54 Å². The standard InChI is InChI=1S/C18H17ClFN3O3/c19-16-11-14(20)6-5-13(16)12-21-7-9-22(10-8-21)18(24)15-3-1-2-4-17(15)23(25)26/h1-6,11H,7-10,12H2/p+1. The summed E-state index contributed by atoms with van der Waals surface area (Å²) < 4.78 is 13.1. The lowest BCUT2D eigenvalue weighted by Gasteiger charge is -2.32. The average molecular weight is 379 g/mol. The van der Waals surface area contributed by atoms with E-state index in [1.165, 1.54) is 29.2 Å². The van der Waals surface area contributed by atoms with Crippen molar-refractivity contribution in [2.45, 2.75) is 6.54 Å². The highest BCUT2D eigenvalue weighted by atomic mass is 35.5. The maximum Gasteiger partial charge on any atom is 0.282 e. The topological polar surface area (TPSA) is 67.9 Å². The van der Waals surface area contributed by atoms with Gasteiger partial charge in [-0.15, -0.1) is 0 Å². The van der Waals surface area contributed by atoms with Gasteiger partial charge in [0.15, 0.2) is 0 Å². The highest BCUT2D eigenvalue weighted by molar-refractivity contribution is 6.31. The van der Waals surface area contributed by atoms with E-state index < -0.39 is 4.92 Å². The second kappa shape index (κ2) is 7.80. The largest absolute Gasteiger partial charge is 0.328 e. The summed E-state index contributed by atoms with van der Waals surface area (Å²) in [7, 11) is 0. The van der Waals surface area contributed by atoms with Crippen LogP contribution in [0.1, 0.15) is 15.9 Å². The second-order valence-corrected chi connectivity index (χ2v) is 6.64. The van der Waals surface area contributed by atoms with E-state index in [-0.39, 0.29) is 23.0 Å². The molecule has 0 unspecified atom stereocenters. The minimum Gasteiger partial charge on any atom is -0.328 e. The third-order valence-electron chi connectivity index (χ3n) is 4.54. The molecule has 3 rings (SSSR count). The number of nitro groups is 1. The molecule has 1 heterocycles. The lowest BCUT2D eigenvalue weighted by atomic mass is 10.1. The van der Waals surface area contributed by atoms with E-state index in [1.807, 2.05) is 0 Å². The van der Waals surface area contributed by atoms with Gasteiger partial charge in [-0.05, 0) is 24.3 Å². The minimum atomic E-state index is -0.536. The predicted octanol–water partition coefficient (Wildman–Crippen LogP) is 1.93. The van der Waals surface area contributed by atoms with Crippen LogP contribution in [-0.4, -0.2) is 41.9 Å². The molecule has 1 aliphatic rings. The fraction of sp³-hybridized carbons (Fsp3) is 0.278. The van der Waals surface area contributed by atoms with Crippen molar-refractivity contribution in [3.8, 4) is 0 Å². The summed E-state index contributed by atoms with van der Waals surface area (Å²) in [5.74, 6) is -0.690. The maximum absolute atomic E-state index is 13.1. The van der Waals surface area contributed by atoms with Crippen molar-refractivity contribution in [3.05, 3.63) is 74.5 Å². The molecule has 0 aromatic heterocycles. The summed E-state index contributed by atoms with van der Waals surface area (Å²) in [6, 6.07) is 10.3. The minimum absolute atomic E-state index is 0.113. The Morgan fingerprint density at radius 3 is 2.58 bits per heavy atom. The molecule has 8 heteroatoms. The number of benzene rings is 2. The van der Waals surface area contributed by atoms with Crippen molar-refractivity contribution in [1.82, 2.24) is 4.90 Å². The summed E-state index contributed by atoms with van der Waals surface area (Å²) in [4.78, 5) is 26.1. The van der Waals surface area contributed by atoms with Gasteiger partial charge in [-0.2, -0.15) is 0 Å². The van der Waals surface area contributed by atoms with E-state index in [1.54, 1.807) is 23.1 Å². The Hall–Kier alpha value is -2.51. The van der Waals surface area contributed by atoms with Crippen LogP contribution in [0.4, 0.5) is 10.1 Å². The zero-order chi connectivity index (χ0) is 18.7. The van der Waals surface area contributed by atoms with Crippen LogP contribution in [0, 0.1) is 15.9 Å². The zero-order valence-electron chi connectivity index (χ0n) is 14.0. The van der Waals surface area contributed by atoms with Crippen LogP contribution in [0.15, 0.2) is 42.5 Å². The van der Waals surface area contributed by atoms with Crippen molar-refractivity contribution >= 4 is 23.2 Å². The number of carbonyl (C=O) groups excluding carboxylic acids is 1. The number of nitro benzene ring substituents is 1. The first-order chi connectivity index (χ1) is 12.5. The molecule has 0 spiro atoms. The van der Waals surface area contributed by atoms with Gasteiger partial charge in [0.25, 0.3) is 11.6 Å². The normalized spacial score (nSPS) is 15.1. The van der Waals surface area contributed by atoms with Crippen LogP contribution >= 0.6 is 11.6 Å². The molecule has 0 atom stereocenters. The van der Waals surface area contributed by atoms with Gasteiger partial charge in [-0.3, -0.25) is 14.9 Å². The molecule has 0 radical (unpaired) electrons. The number of para-hydroxylation sites is 1. The number of halogens is 2. The Kier molecular flexibility index (Phi) is 5.49. The first-order valence-electron chi connectivity index (χ1n) is 8.26. The third-order valence-corrected chi connectivity index (χ3v) is 4.90. The highest BCUT2D eigenvalue weighted by Gasteiger charge is 2.28. The van der Waals surface area contributed by atoms with E-state index in [4.69, 9.17) is 11.6 Å². The molecular weight excluding hydrogens is 361 g/mol. The Bertz CT molecular complexity index is 838. The fourth-order valence-corrected chi connectivity index (χ4v) is 3.36. The van der Waals surface area contributed by atoms with Crippen LogP contribution in [0.25, 0.3) is 0 Å². The summed E-state index contributed by atoms with van der Waals surface area (Å²) in [6.45, 7) is 3.03. The van der Waals surface area contributed by atoms with Gasteiger partial charge < -0.3 is 9.80 Å². The third kappa shape index (κ3) is 4.00. The molecular formula is C18H18ClFN3O3+. The number of carbonyl (C=O) groups is 1. The summed E-state index contributed by atoms with van der Waals surface area (Å²) >= 11 is 6.07. The molecule has 6 nitrogen and oxygen atoms in total. The van der Waals surface area contributed by atoms with E-state index in [2.05, 4.69) is 0 Å². The maximum atomic E-state index is 13.1.